The molecule has 0 saturated carbocycles. The predicted molar refractivity (Wildman–Crippen MR) is 106 cm³/mol. The summed E-state index contributed by atoms with van der Waals surface area (Å²) in [7, 11) is -4.32. The molecular weight excluding hydrogens is 352 g/mol. The quantitative estimate of drug-likeness (QED) is 0.334. The van der Waals surface area contributed by atoms with Crippen LogP contribution in [0.3, 0.4) is 0 Å². The molecule has 0 aliphatic carbocycles. The lowest BCUT2D eigenvalue weighted by Gasteiger charge is -2.22. The van der Waals surface area contributed by atoms with Crippen molar-refractivity contribution in [3.05, 3.63) is 47.3 Å². The number of benzene rings is 1. The van der Waals surface area contributed by atoms with E-state index in [0.29, 0.717) is 12.2 Å². The van der Waals surface area contributed by atoms with Gasteiger partial charge in [-0.15, -0.1) is 0 Å². The zero-order valence-electron chi connectivity index (χ0n) is 15.7. The van der Waals surface area contributed by atoms with Crippen molar-refractivity contribution in [2.75, 3.05) is 6.67 Å². The molecule has 1 aromatic carbocycles. The van der Waals surface area contributed by atoms with Crippen LogP contribution in [0, 0.1) is 0 Å². The first-order chi connectivity index (χ1) is 12.3. The van der Waals surface area contributed by atoms with Gasteiger partial charge in [0, 0.05) is 5.82 Å². The van der Waals surface area contributed by atoms with Gasteiger partial charge in [-0.05, 0) is 36.8 Å². The molecular formula is C20H33FNO3P. The second-order valence-electron chi connectivity index (χ2n) is 7.11. The Bertz CT molecular complexity index is 585. The number of unbranched alkanes of at least 4 members (excludes halogenated alkanes) is 5. The molecule has 0 fully saturated rings. The lowest BCUT2D eigenvalue weighted by molar-refractivity contribution is 0.342. The lowest BCUT2D eigenvalue weighted by Crippen LogP contribution is -2.40. The molecule has 0 unspecified atom stereocenters. The molecule has 0 heterocycles. The Hall–Kier alpha value is -1.00. The Balaban J connectivity index is 2.43. The van der Waals surface area contributed by atoms with Gasteiger partial charge in [-0.25, -0.2) is 4.39 Å². The lowest BCUT2D eigenvalue weighted by atomic mass is 9.93. The number of rotatable bonds is 13. The Kier molecular flexibility index (Phi) is 10.3. The highest BCUT2D eigenvalue weighted by Gasteiger charge is 2.23. The van der Waals surface area contributed by atoms with Crippen molar-refractivity contribution >= 4 is 7.60 Å². The van der Waals surface area contributed by atoms with Gasteiger partial charge in [-0.3, -0.25) is 4.57 Å². The molecule has 4 nitrogen and oxygen atoms in total. The summed E-state index contributed by atoms with van der Waals surface area (Å²) in [5.74, 6) is 0.691. The van der Waals surface area contributed by atoms with Crippen molar-refractivity contribution in [2.24, 2.45) is 5.73 Å². The highest BCUT2D eigenvalue weighted by molar-refractivity contribution is 7.55. The van der Waals surface area contributed by atoms with Crippen LogP contribution < -0.4 is 5.73 Å². The molecule has 0 amide bonds. The van der Waals surface area contributed by atoms with Crippen LogP contribution in [0.2, 0.25) is 0 Å². The van der Waals surface area contributed by atoms with Crippen LogP contribution in [-0.4, -0.2) is 22.0 Å². The third-order valence-electron chi connectivity index (χ3n) is 4.57. The van der Waals surface area contributed by atoms with E-state index in [1.807, 2.05) is 12.1 Å². The summed E-state index contributed by atoms with van der Waals surface area (Å²) in [6, 6.07) is 8.25. The maximum Gasteiger partial charge on any atom is 0.348 e. The topological polar surface area (TPSA) is 83.6 Å². The Morgan fingerprint density at radius 3 is 2.12 bits per heavy atom. The fourth-order valence-corrected chi connectivity index (χ4v) is 3.29. The number of aryl methyl sites for hydroxylation is 2. The SMILES string of the molecule is CCCCCCCCc1ccc(CC[C@](N)(/C=C/P(=O)(O)O)CF)cc1. The normalized spacial score (nSPS) is 14.7. The summed E-state index contributed by atoms with van der Waals surface area (Å²) in [5, 5.41) is 0. The number of alkyl halides is 1. The minimum Gasteiger partial charge on any atom is -0.321 e. The molecule has 1 aromatic rings. The number of halogens is 1. The minimum atomic E-state index is -4.32. The van der Waals surface area contributed by atoms with E-state index >= 15 is 0 Å². The zero-order chi connectivity index (χ0) is 19.5. The fourth-order valence-electron chi connectivity index (χ4n) is 2.80. The van der Waals surface area contributed by atoms with Crippen molar-refractivity contribution in [3.63, 3.8) is 0 Å². The standard InChI is InChI=1S/C20H33FNO3P/c1-2-3-4-5-6-7-8-18-9-11-19(12-10-18)13-14-20(22,17-21)15-16-26(23,24)25/h9-12,15-16H,2-8,13-14,17,22H2,1H3,(H2,23,24,25)/b16-15+/t20-/m0/s1. The van der Waals surface area contributed by atoms with Crippen LogP contribution in [0.25, 0.3) is 0 Å². The Labute approximate surface area is 156 Å². The minimum absolute atomic E-state index is 0.288. The van der Waals surface area contributed by atoms with Crippen LogP contribution in [0.15, 0.2) is 36.2 Å². The third kappa shape index (κ3) is 10.2. The molecule has 4 N–H and O–H groups in total. The second-order valence-corrected chi connectivity index (χ2v) is 8.58. The van der Waals surface area contributed by atoms with E-state index in [0.717, 1.165) is 18.1 Å². The van der Waals surface area contributed by atoms with Gasteiger partial charge in [0.05, 0.1) is 5.54 Å². The Morgan fingerprint density at radius 1 is 1.04 bits per heavy atom. The van der Waals surface area contributed by atoms with E-state index in [1.165, 1.54) is 44.1 Å². The first-order valence-corrected chi connectivity index (χ1v) is 11.1. The molecule has 0 saturated heterocycles. The molecule has 0 bridgehead atoms. The van der Waals surface area contributed by atoms with E-state index in [2.05, 4.69) is 19.1 Å². The zero-order valence-corrected chi connectivity index (χ0v) is 16.6. The molecule has 148 valence electrons. The monoisotopic (exact) mass is 385 g/mol. The average molecular weight is 385 g/mol. The molecule has 0 radical (unpaired) electrons. The summed E-state index contributed by atoms with van der Waals surface area (Å²) >= 11 is 0. The molecule has 0 aliphatic heterocycles. The number of hydrogen-bond acceptors (Lipinski definition) is 2. The van der Waals surface area contributed by atoms with E-state index in [9.17, 15) is 8.96 Å². The Morgan fingerprint density at radius 2 is 1.58 bits per heavy atom. The van der Waals surface area contributed by atoms with Gasteiger partial charge >= 0.3 is 7.60 Å². The molecule has 1 atom stereocenters. The smallest absolute Gasteiger partial charge is 0.321 e. The van der Waals surface area contributed by atoms with Gasteiger partial charge in [-0.2, -0.15) is 0 Å². The molecule has 6 heteroatoms. The maximum absolute atomic E-state index is 13.2. The molecule has 0 aliphatic rings. The van der Waals surface area contributed by atoms with Gasteiger partial charge in [0.1, 0.15) is 6.67 Å². The van der Waals surface area contributed by atoms with Crippen LogP contribution >= 0.6 is 7.60 Å². The van der Waals surface area contributed by atoms with Crippen molar-refractivity contribution in [2.45, 2.75) is 70.3 Å². The summed E-state index contributed by atoms with van der Waals surface area (Å²) in [6.07, 6.45) is 10.7. The first-order valence-electron chi connectivity index (χ1n) is 9.46. The number of nitrogens with two attached hydrogens (primary N) is 1. The second kappa shape index (κ2) is 11.7. The summed E-state index contributed by atoms with van der Waals surface area (Å²) in [4.78, 5) is 17.7. The van der Waals surface area contributed by atoms with Crippen LogP contribution in [0.5, 0.6) is 0 Å². The van der Waals surface area contributed by atoms with Crippen LogP contribution in [0.4, 0.5) is 4.39 Å². The molecule has 26 heavy (non-hydrogen) atoms. The van der Waals surface area contributed by atoms with E-state index in [1.54, 1.807) is 0 Å². The third-order valence-corrected chi connectivity index (χ3v) is 5.11. The van der Waals surface area contributed by atoms with Crippen molar-refractivity contribution in [3.8, 4) is 0 Å². The van der Waals surface area contributed by atoms with Crippen molar-refractivity contribution in [1.29, 1.82) is 0 Å². The van der Waals surface area contributed by atoms with Gasteiger partial charge < -0.3 is 15.5 Å². The highest BCUT2D eigenvalue weighted by Crippen LogP contribution is 2.37. The maximum atomic E-state index is 13.2. The van der Waals surface area contributed by atoms with Crippen LogP contribution in [0.1, 0.15) is 63.0 Å². The van der Waals surface area contributed by atoms with Gasteiger partial charge in [-0.1, -0.05) is 69.4 Å². The van der Waals surface area contributed by atoms with E-state index in [-0.39, 0.29) is 6.42 Å². The molecule has 1 rings (SSSR count). The summed E-state index contributed by atoms with van der Waals surface area (Å²) in [5.41, 5.74) is 6.89. The largest absolute Gasteiger partial charge is 0.348 e. The van der Waals surface area contributed by atoms with E-state index in [4.69, 9.17) is 15.5 Å². The summed E-state index contributed by atoms with van der Waals surface area (Å²) in [6.45, 7) is 1.36. The predicted octanol–water partition coefficient (Wildman–Crippen LogP) is 4.88. The van der Waals surface area contributed by atoms with Gasteiger partial charge in [0.15, 0.2) is 0 Å². The summed E-state index contributed by atoms with van der Waals surface area (Å²) < 4.78 is 24.1. The first kappa shape index (κ1) is 23.0. The van der Waals surface area contributed by atoms with E-state index < -0.39 is 19.8 Å². The van der Waals surface area contributed by atoms with Gasteiger partial charge in [0.25, 0.3) is 0 Å². The number of hydrogen-bond donors (Lipinski definition) is 3. The molecule has 0 aromatic heterocycles. The highest BCUT2D eigenvalue weighted by atomic mass is 31.2. The van der Waals surface area contributed by atoms with Crippen molar-refractivity contribution < 1.29 is 18.7 Å². The van der Waals surface area contributed by atoms with Gasteiger partial charge in [0.2, 0.25) is 0 Å². The van der Waals surface area contributed by atoms with Crippen LogP contribution in [-0.2, 0) is 17.4 Å². The molecule has 0 spiro atoms. The average Bonchev–Trinajstić information content (AvgIpc) is 2.61. The fraction of sp³-hybridized carbons (Fsp3) is 0.600. The van der Waals surface area contributed by atoms with Crippen molar-refractivity contribution in [1.82, 2.24) is 0 Å².